The van der Waals surface area contributed by atoms with Gasteiger partial charge in [-0.05, 0) is 57.7 Å². The molecular weight excluding hydrogens is 356 g/mol. The molecule has 2 aromatic rings. The Bertz CT molecular complexity index is 753. The van der Waals surface area contributed by atoms with Crippen molar-refractivity contribution in [1.82, 2.24) is 19.7 Å². The average molecular weight is 379 g/mol. The summed E-state index contributed by atoms with van der Waals surface area (Å²) in [7, 11) is 0. The molecule has 2 heterocycles. The maximum Gasteiger partial charge on any atom is 0.233 e. The molecule has 1 aromatic carbocycles. The highest BCUT2D eigenvalue weighted by molar-refractivity contribution is 7.99. The topological polar surface area (TPSA) is 51.0 Å². The normalized spacial score (nSPS) is 20.7. The second kappa shape index (κ2) is 7.79. The minimum atomic E-state index is 0.168. The Balaban J connectivity index is 1.71. The largest absolute Gasteiger partial charge is 0.337 e. The van der Waals surface area contributed by atoms with Crippen LogP contribution in [0.3, 0.4) is 0 Å². The van der Waals surface area contributed by atoms with E-state index < -0.39 is 0 Å². The first-order valence-corrected chi connectivity index (χ1v) is 9.94. The molecule has 1 aliphatic rings. The van der Waals surface area contributed by atoms with Gasteiger partial charge in [-0.2, -0.15) is 0 Å². The monoisotopic (exact) mass is 378 g/mol. The van der Waals surface area contributed by atoms with Crippen molar-refractivity contribution < 1.29 is 4.79 Å². The Morgan fingerprint density at radius 3 is 2.72 bits per heavy atom. The molecule has 0 N–H and O–H groups in total. The molecule has 2 unspecified atom stereocenters. The molecule has 134 valence electrons. The third-order valence-corrected chi connectivity index (χ3v) is 6.09. The molecule has 0 bridgehead atoms. The van der Waals surface area contributed by atoms with Gasteiger partial charge in [-0.25, -0.2) is 0 Å². The van der Waals surface area contributed by atoms with E-state index in [4.69, 9.17) is 11.6 Å². The molecular formula is C18H23ClN4OS. The van der Waals surface area contributed by atoms with Crippen molar-refractivity contribution in [1.29, 1.82) is 0 Å². The molecule has 5 nitrogen and oxygen atoms in total. The van der Waals surface area contributed by atoms with Crippen LogP contribution >= 0.6 is 23.4 Å². The number of aromatic nitrogens is 3. The van der Waals surface area contributed by atoms with Crippen LogP contribution in [0.5, 0.6) is 0 Å². The van der Waals surface area contributed by atoms with Gasteiger partial charge in [-0.1, -0.05) is 29.4 Å². The van der Waals surface area contributed by atoms with Crippen LogP contribution in [0.2, 0.25) is 5.02 Å². The van der Waals surface area contributed by atoms with E-state index in [-0.39, 0.29) is 5.91 Å². The lowest BCUT2D eigenvalue weighted by atomic mass is 9.98. The third-order valence-electron chi connectivity index (χ3n) is 4.76. The highest BCUT2D eigenvalue weighted by Gasteiger charge is 2.29. The predicted molar refractivity (Wildman–Crippen MR) is 101 cm³/mol. The first kappa shape index (κ1) is 18.3. The summed E-state index contributed by atoms with van der Waals surface area (Å²) in [6.07, 6.45) is 5.01. The van der Waals surface area contributed by atoms with Gasteiger partial charge in [0.2, 0.25) is 5.91 Å². The van der Waals surface area contributed by atoms with E-state index in [0.717, 1.165) is 24.1 Å². The van der Waals surface area contributed by atoms with E-state index >= 15 is 0 Å². The van der Waals surface area contributed by atoms with Crippen LogP contribution in [0.25, 0.3) is 5.69 Å². The van der Waals surface area contributed by atoms with E-state index in [1.807, 2.05) is 34.6 Å². The van der Waals surface area contributed by atoms with Gasteiger partial charge in [-0.15, -0.1) is 10.2 Å². The summed E-state index contributed by atoms with van der Waals surface area (Å²) in [4.78, 5) is 14.7. The molecule has 1 aromatic heterocycles. The first-order valence-electron chi connectivity index (χ1n) is 8.58. The van der Waals surface area contributed by atoms with Crippen LogP contribution in [0.4, 0.5) is 0 Å². The quantitative estimate of drug-likeness (QED) is 0.751. The van der Waals surface area contributed by atoms with Crippen molar-refractivity contribution in [2.45, 2.75) is 57.3 Å². The second-order valence-electron chi connectivity index (χ2n) is 6.64. The van der Waals surface area contributed by atoms with Gasteiger partial charge in [0.1, 0.15) is 6.33 Å². The molecule has 0 saturated carbocycles. The molecule has 1 saturated heterocycles. The highest BCUT2D eigenvalue weighted by atomic mass is 35.5. The van der Waals surface area contributed by atoms with E-state index in [1.165, 1.54) is 18.2 Å². The Morgan fingerprint density at radius 1 is 1.32 bits per heavy atom. The molecule has 0 aliphatic carbocycles. The Hall–Kier alpha value is -1.53. The first-order chi connectivity index (χ1) is 12.0. The summed E-state index contributed by atoms with van der Waals surface area (Å²) in [5, 5.41) is 9.56. The van der Waals surface area contributed by atoms with Gasteiger partial charge < -0.3 is 4.90 Å². The third kappa shape index (κ3) is 4.01. The number of amides is 1. The van der Waals surface area contributed by atoms with Crippen molar-refractivity contribution in [3.8, 4) is 5.69 Å². The Kier molecular flexibility index (Phi) is 5.69. The SMILES string of the molecule is Cc1ccc(-n2cnnc2SCC(=O)N2C(C)CCCC2C)cc1Cl. The number of nitrogens with zero attached hydrogens (tertiary/aromatic N) is 4. The number of carbonyl (C=O) groups is 1. The summed E-state index contributed by atoms with van der Waals surface area (Å²) >= 11 is 7.64. The minimum Gasteiger partial charge on any atom is -0.337 e. The minimum absolute atomic E-state index is 0.168. The van der Waals surface area contributed by atoms with Gasteiger partial charge >= 0.3 is 0 Å². The van der Waals surface area contributed by atoms with Gasteiger partial charge in [0, 0.05) is 17.1 Å². The van der Waals surface area contributed by atoms with Crippen molar-refractivity contribution in [2.75, 3.05) is 5.75 Å². The number of hydrogen-bond donors (Lipinski definition) is 0. The lowest BCUT2D eigenvalue weighted by molar-refractivity contribution is -0.134. The van der Waals surface area contributed by atoms with Crippen molar-refractivity contribution in [3.63, 3.8) is 0 Å². The maximum atomic E-state index is 12.7. The zero-order valence-corrected chi connectivity index (χ0v) is 16.3. The molecule has 1 fully saturated rings. The summed E-state index contributed by atoms with van der Waals surface area (Å²) in [5.74, 6) is 0.536. The van der Waals surface area contributed by atoms with E-state index in [2.05, 4.69) is 24.0 Å². The summed E-state index contributed by atoms with van der Waals surface area (Å²) < 4.78 is 1.87. The summed E-state index contributed by atoms with van der Waals surface area (Å²) in [5.41, 5.74) is 1.92. The van der Waals surface area contributed by atoms with Crippen molar-refractivity contribution in [3.05, 3.63) is 35.1 Å². The molecule has 3 rings (SSSR count). The summed E-state index contributed by atoms with van der Waals surface area (Å²) in [6, 6.07) is 6.46. The van der Waals surface area contributed by atoms with Crippen LogP contribution in [-0.2, 0) is 4.79 Å². The maximum absolute atomic E-state index is 12.7. The zero-order valence-electron chi connectivity index (χ0n) is 14.8. The summed E-state index contributed by atoms with van der Waals surface area (Å²) in [6.45, 7) is 6.23. The van der Waals surface area contributed by atoms with Crippen LogP contribution < -0.4 is 0 Å². The van der Waals surface area contributed by atoms with Gasteiger partial charge in [-0.3, -0.25) is 9.36 Å². The number of piperidine rings is 1. The average Bonchev–Trinajstić information content (AvgIpc) is 3.04. The number of likely N-dealkylation sites (tertiary alicyclic amines) is 1. The number of rotatable bonds is 4. The lowest BCUT2D eigenvalue weighted by Crippen LogP contribution is -2.48. The fourth-order valence-corrected chi connectivity index (χ4v) is 4.32. The second-order valence-corrected chi connectivity index (χ2v) is 7.99. The number of thioether (sulfide) groups is 1. The molecule has 25 heavy (non-hydrogen) atoms. The molecule has 7 heteroatoms. The molecule has 0 radical (unpaired) electrons. The van der Waals surface area contributed by atoms with Gasteiger partial charge in [0.25, 0.3) is 0 Å². The van der Waals surface area contributed by atoms with E-state index in [9.17, 15) is 4.79 Å². The van der Waals surface area contributed by atoms with Crippen molar-refractivity contribution >= 4 is 29.3 Å². The molecule has 0 spiro atoms. The fraction of sp³-hybridized carbons (Fsp3) is 0.500. The van der Waals surface area contributed by atoms with Crippen LogP contribution in [0.1, 0.15) is 38.7 Å². The Labute approximate surface area is 157 Å². The van der Waals surface area contributed by atoms with Crippen molar-refractivity contribution in [2.24, 2.45) is 0 Å². The zero-order chi connectivity index (χ0) is 18.0. The van der Waals surface area contributed by atoms with E-state index in [1.54, 1.807) is 6.33 Å². The predicted octanol–water partition coefficient (Wildman–Crippen LogP) is 4.11. The van der Waals surface area contributed by atoms with Gasteiger partial charge in [0.15, 0.2) is 5.16 Å². The molecule has 1 amide bonds. The number of aryl methyl sites for hydroxylation is 1. The number of halogens is 1. The van der Waals surface area contributed by atoms with Crippen LogP contribution in [0, 0.1) is 6.92 Å². The lowest BCUT2D eigenvalue weighted by Gasteiger charge is -2.39. The highest BCUT2D eigenvalue weighted by Crippen LogP contribution is 2.26. The Morgan fingerprint density at radius 2 is 2.04 bits per heavy atom. The van der Waals surface area contributed by atoms with E-state index in [0.29, 0.717) is 28.0 Å². The molecule has 1 aliphatic heterocycles. The number of carbonyl (C=O) groups excluding carboxylic acids is 1. The molecule has 2 atom stereocenters. The fourth-order valence-electron chi connectivity index (χ4n) is 3.35. The smallest absolute Gasteiger partial charge is 0.233 e. The van der Waals surface area contributed by atoms with Crippen LogP contribution in [0.15, 0.2) is 29.7 Å². The standard InChI is InChI=1S/C18H23ClN4OS/c1-12-7-8-15(9-16(12)19)22-11-20-21-18(22)25-10-17(24)23-13(2)5-4-6-14(23)3/h7-9,11,13-14H,4-6,10H2,1-3H3. The van der Waals surface area contributed by atoms with Gasteiger partial charge in [0.05, 0.1) is 11.4 Å². The number of hydrogen-bond acceptors (Lipinski definition) is 4. The number of benzene rings is 1. The van der Waals surface area contributed by atoms with Crippen LogP contribution in [-0.4, -0.2) is 43.4 Å².